The Hall–Kier alpha value is -1.03. The van der Waals surface area contributed by atoms with E-state index in [1.165, 1.54) is 29.9 Å². The minimum atomic E-state index is 0.650. The van der Waals surface area contributed by atoms with Crippen molar-refractivity contribution in [3.05, 3.63) is 11.3 Å². The molecule has 2 heterocycles. The first-order valence-corrected chi connectivity index (χ1v) is 6.78. The van der Waals surface area contributed by atoms with Crippen LogP contribution >= 0.6 is 0 Å². The van der Waals surface area contributed by atoms with E-state index in [0.29, 0.717) is 5.92 Å². The second-order valence-corrected chi connectivity index (χ2v) is 5.62. The van der Waals surface area contributed by atoms with Crippen molar-refractivity contribution in [1.29, 1.82) is 0 Å². The van der Waals surface area contributed by atoms with E-state index in [2.05, 4.69) is 34.3 Å². The number of hydrogen-bond acceptors (Lipinski definition) is 3. The third-order valence-corrected chi connectivity index (χ3v) is 4.08. The molecule has 0 bridgehead atoms. The van der Waals surface area contributed by atoms with E-state index in [0.717, 1.165) is 32.1 Å². The summed E-state index contributed by atoms with van der Waals surface area (Å²) in [6.45, 7) is 9.00. The van der Waals surface area contributed by atoms with E-state index in [4.69, 9.17) is 0 Å². The van der Waals surface area contributed by atoms with Crippen LogP contribution in [0.4, 0.5) is 5.82 Å². The third kappa shape index (κ3) is 1.95. The maximum absolute atomic E-state index is 4.58. The van der Waals surface area contributed by atoms with Gasteiger partial charge in [0, 0.05) is 37.4 Å². The summed E-state index contributed by atoms with van der Waals surface area (Å²) >= 11 is 0. The standard InChI is InChI=1S/C13H22N4/c1-9-7-10(2)12-11(8-9)15-16-13(12)17-5-3-14-4-6-17/h9-10,14H,3-8H2,1-2H3,(H,15,16). The summed E-state index contributed by atoms with van der Waals surface area (Å²) in [5, 5.41) is 11.2. The van der Waals surface area contributed by atoms with E-state index in [1.807, 2.05) is 0 Å². The average molecular weight is 234 g/mol. The van der Waals surface area contributed by atoms with Crippen molar-refractivity contribution in [2.45, 2.75) is 32.6 Å². The van der Waals surface area contributed by atoms with Gasteiger partial charge in [0.05, 0.1) is 0 Å². The first-order valence-electron chi connectivity index (χ1n) is 6.78. The molecule has 3 rings (SSSR count). The molecule has 17 heavy (non-hydrogen) atoms. The largest absolute Gasteiger partial charge is 0.352 e. The predicted molar refractivity (Wildman–Crippen MR) is 69.6 cm³/mol. The van der Waals surface area contributed by atoms with Gasteiger partial charge in [-0.3, -0.25) is 5.10 Å². The van der Waals surface area contributed by atoms with Crippen LogP contribution in [0.25, 0.3) is 0 Å². The molecule has 94 valence electrons. The van der Waals surface area contributed by atoms with Crippen LogP contribution in [-0.4, -0.2) is 36.4 Å². The molecule has 2 unspecified atom stereocenters. The number of rotatable bonds is 1. The first-order chi connectivity index (χ1) is 8.25. The first kappa shape index (κ1) is 11.1. The van der Waals surface area contributed by atoms with Gasteiger partial charge in [0.25, 0.3) is 0 Å². The molecule has 4 heteroatoms. The molecule has 1 aliphatic heterocycles. The number of aromatic nitrogens is 2. The van der Waals surface area contributed by atoms with Crippen molar-refractivity contribution in [3.63, 3.8) is 0 Å². The van der Waals surface area contributed by atoms with E-state index in [9.17, 15) is 0 Å². The fraction of sp³-hybridized carbons (Fsp3) is 0.769. The SMILES string of the molecule is CC1Cc2[nH]nc(N3CCNCC3)c2C(C)C1. The summed E-state index contributed by atoms with van der Waals surface area (Å²) in [4.78, 5) is 2.43. The quantitative estimate of drug-likeness (QED) is 0.774. The molecule has 1 aromatic rings. The summed E-state index contributed by atoms with van der Waals surface area (Å²) in [6.07, 6.45) is 2.46. The highest BCUT2D eigenvalue weighted by Gasteiger charge is 2.29. The smallest absolute Gasteiger partial charge is 0.154 e. The lowest BCUT2D eigenvalue weighted by atomic mass is 9.81. The highest BCUT2D eigenvalue weighted by Crippen LogP contribution is 2.38. The predicted octanol–water partition coefficient (Wildman–Crippen LogP) is 1.51. The van der Waals surface area contributed by atoms with Crippen molar-refractivity contribution in [2.24, 2.45) is 5.92 Å². The van der Waals surface area contributed by atoms with Gasteiger partial charge in [-0.1, -0.05) is 13.8 Å². The zero-order valence-corrected chi connectivity index (χ0v) is 10.8. The van der Waals surface area contributed by atoms with E-state index < -0.39 is 0 Å². The van der Waals surface area contributed by atoms with Gasteiger partial charge in [0.15, 0.2) is 5.82 Å². The molecule has 1 saturated heterocycles. The molecule has 2 aliphatic rings. The Bertz CT molecular complexity index is 392. The summed E-state index contributed by atoms with van der Waals surface area (Å²) in [6, 6.07) is 0. The van der Waals surface area contributed by atoms with Crippen molar-refractivity contribution in [1.82, 2.24) is 15.5 Å². The van der Waals surface area contributed by atoms with Crippen molar-refractivity contribution in [2.75, 3.05) is 31.1 Å². The summed E-state index contributed by atoms with van der Waals surface area (Å²) in [5.41, 5.74) is 2.87. The van der Waals surface area contributed by atoms with Crippen LogP contribution in [0.1, 0.15) is 37.4 Å². The number of fused-ring (bicyclic) bond motifs is 1. The van der Waals surface area contributed by atoms with Gasteiger partial charge in [0.2, 0.25) is 0 Å². The van der Waals surface area contributed by atoms with Gasteiger partial charge in [-0.15, -0.1) is 0 Å². The van der Waals surface area contributed by atoms with E-state index in [1.54, 1.807) is 0 Å². The second-order valence-electron chi connectivity index (χ2n) is 5.62. The van der Waals surface area contributed by atoms with Crippen LogP contribution in [0, 0.1) is 5.92 Å². The molecule has 0 spiro atoms. The maximum atomic E-state index is 4.58. The van der Waals surface area contributed by atoms with Gasteiger partial charge < -0.3 is 10.2 Å². The number of nitrogens with one attached hydrogen (secondary N) is 2. The van der Waals surface area contributed by atoms with Gasteiger partial charge >= 0.3 is 0 Å². The number of H-pyrrole nitrogens is 1. The van der Waals surface area contributed by atoms with Crippen LogP contribution in [0.15, 0.2) is 0 Å². The second kappa shape index (κ2) is 4.33. The lowest BCUT2D eigenvalue weighted by molar-refractivity contribution is 0.445. The van der Waals surface area contributed by atoms with E-state index in [-0.39, 0.29) is 0 Å². The highest BCUT2D eigenvalue weighted by molar-refractivity contribution is 5.52. The summed E-state index contributed by atoms with van der Waals surface area (Å²) < 4.78 is 0. The molecule has 2 atom stereocenters. The van der Waals surface area contributed by atoms with Crippen LogP contribution in [-0.2, 0) is 6.42 Å². The molecular formula is C13H22N4. The lowest BCUT2D eigenvalue weighted by Crippen LogP contribution is -2.44. The molecule has 4 nitrogen and oxygen atoms in total. The highest BCUT2D eigenvalue weighted by atomic mass is 15.3. The number of nitrogens with zero attached hydrogens (tertiary/aromatic N) is 2. The minimum Gasteiger partial charge on any atom is -0.352 e. The summed E-state index contributed by atoms with van der Waals surface area (Å²) in [7, 11) is 0. The number of anilines is 1. The topological polar surface area (TPSA) is 44.0 Å². The number of aromatic amines is 1. The van der Waals surface area contributed by atoms with Crippen molar-refractivity contribution >= 4 is 5.82 Å². The van der Waals surface area contributed by atoms with Crippen LogP contribution in [0.2, 0.25) is 0 Å². The molecule has 0 saturated carbocycles. The Balaban J connectivity index is 1.91. The Morgan fingerprint density at radius 3 is 2.76 bits per heavy atom. The Morgan fingerprint density at radius 2 is 2.00 bits per heavy atom. The zero-order chi connectivity index (χ0) is 11.8. The van der Waals surface area contributed by atoms with Gasteiger partial charge in [-0.05, 0) is 24.7 Å². The molecule has 0 amide bonds. The number of hydrogen-bond donors (Lipinski definition) is 2. The molecule has 2 N–H and O–H groups in total. The van der Waals surface area contributed by atoms with E-state index >= 15 is 0 Å². The zero-order valence-electron chi connectivity index (χ0n) is 10.8. The lowest BCUT2D eigenvalue weighted by Gasteiger charge is -2.31. The van der Waals surface area contributed by atoms with Gasteiger partial charge in [-0.2, -0.15) is 5.10 Å². The fourth-order valence-electron chi connectivity index (χ4n) is 3.32. The molecular weight excluding hydrogens is 212 g/mol. The third-order valence-electron chi connectivity index (χ3n) is 4.08. The van der Waals surface area contributed by atoms with Crippen molar-refractivity contribution < 1.29 is 0 Å². The Labute approximate surface area is 103 Å². The maximum Gasteiger partial charge on any atom is 0.154 e. The molecule has 1 fully saturated rings. The molecule has 1 aliphatic carbocycles. The fourth-order valence-corrected chi connectivity index (χ4v) is 3.32. The molecule has 0 aromatic carbocycles. The van der Waals surface area contributed by atoms with Crippen LogP contribution < -0.4 is 10.2 Å². The Morgan fingerprint density at radius 1 is 1.24 bits per heavy atom. The molecule has 0 radical (unpaired) electrons. The average Bonchev–Trinajstić information content (AvgIpc) is 2.74. The van der Waals surface area contributed by atoms with Gasteiger partial charge in [0.1, 0.15) is 0 Å². The summed E-state index contributed by atoms with van der Waals surface area (Å²) in [5.74, 6) is 2.66. The normalized spacial score (nSPS) is 29.2. The van der Waals surface area contributed by atoms with Crippen LogP contribution in [0.3, 0.4) is 0 Å². The number of piperazine rings is 1. The van der Waals surface area contributed by atoms with Crippen LogP contribution in [0.5, 0.6) is 0 Å². The van der Waals surface area contributed by atoms with Gasteiger partial charge in [-0.25, -0.2) is 0 Å². The monoisotopic (exact) mass is 234 g/mol. The Kier molecular flexibility index (Phi) is 2.82. The van der Waals surface area contributed by atoms with Crippen molar-refractivity contribution in [3.8, 4) is 0 Å². The minimum absolute atomic E-state index is 0.650. The molecule has 1 aromatic heterocycles.